The Balaban J connectivity index is 4.00. The second kappa shape index (κ2) is 4.29. The molecule has 0 heterocycles. The van der Waals surface area contributed by atoms with Gasteiger partial charge in [-0.15, -0.1) is 0 Å². The molecule has 0 atom stereocenters. The largest absolute Gasteiger partial charge is 0.478 e. The topological polar surface area (TPSA) is 37.3 Å². The fourth-order valence-corrected chi connectivity index (χ4v) is 0.699. The van der Waals surface area contributed by atoms with Crippen LogP contribution >= 0.6 is 0 Å². The van der Waals surface area contributed by atoms with Gasteiger partial charge in [0.05, 0.1) is 0 Å². The predicted octanol–water partition coefficient (Wildman–Crippen LogP) is 2.70. The number of rotatable bonds is 4. The van der Waals surface area contributed by atoms with Gasteiger partial charge in [0.2, 0.25) is 0 Å². The summed E-state index contributed by atoms with van der Waals surface area (Å²) in [5, 5.41) is 8.36. The Morgan fingerprint density at radius 2 is 2.00 bits per heavy atom. The molecule has 2 heteroatoms. The average molecular weight is 170 g/mol. The maximum Gasteiger partial charge on any atom is 0.327 e. The van der Waals surface area contributed by atoms with Gasteiger partial charge in [0.1, 0.15) is 0 Å². The molecule has 0 aromatic carbocycles. The van der Waals surface area contributed by atoms with Crippen molar-refractivity contribution in [1.82, 2.24) is 0 Å². The fourth-order valence-electron chi connectivity index (χ4n) is 0.699. The van der Waals surface area contributed by atoms with E-state index < -0.39 is 5.97 Å². The van der Waals surface area contributed by atoms with Crippen molar-refractivity contribution in [2.45, 2.75) is 34.1 Å². The Bertz CT molecular complexity index is 178. The Morgan fingerprint density at radius 1 is 1.50 bits per heavy atom. The zero-order valence-electron chi connectivity index (χ0n) is 8.29. The van der Waals surface area contributed by atoms with Crippen LogP contribution in [0.1, 0.15) is 34.1 Å². The molecule has 0 bridgehead atoms. The molecule has 0 aromatic heterocycles. The molecule has 0 aliphatic rings. The maximum absolute atomic E-state index is 10.2. The molecule has 0 aromatic rings. The van der Waals surface area contributed by atoms with Crippen molar-refractivity contribution < 1.29 is 9.90 Å². The summed E-state index contributed by atoms with van der Waals surface area (Å²) < 4.78 is 0. The zero-order valence-corrected chi connectivity index (χ0v) is 8.29. The van der Waals surface area contributed by atoms with E-state index in [1.807, 2.05) is 0 Å². The third-order valence-electron chi connectivity index (χ3n) is 2.47. The smallest absolute Gasteiger partial charge is 0.327 e. The van der Waals surface area contributed by atoms with Gasteiger partial charge in [0, 0.05) is 6.08 Å². The van der Waals surface area contributed by atoms with Gasteiger partial charge in [-0.3, -0.25) is 0 Å². The fraction of sp³-hybridized carbons (Fsp3) is 0.700. The van der Waals surface area contributed by atoms with Gasteiger partial charge in [-0.25, -0.2) is 4.79 Å². The molecule has 2 nitrogen and oxygen atoms in total. The van der Waals surface area contributed by atoms with Gasteiger partial charge in [0.15, 0.2) is 0 Å². The molecule has 0 radical (unpaired) electrons. The van der Waals surface area contributed by atoms with Crippen LogP contribution in [0.3, 0.4) is 0 Å². The first kappa shape index (κ1) is 11.2. The molecule has 1 N–H and O–H groups in total. The lowest BCUT2D eigenvalue weighted by Gasteiger charge is -2.27. The molecule has 0 saturated heterocycles. The molecule has 0 fully saturated rings. The van der Waals surface area contributed by atoms with Gasteiger partial charge >= 0.3 is 5.97 Å². The normalized spacial score (nSPS) is 12.8. The Labute approximate surface area is 74.3 Å². The SMILES string of the molecule is CC(C)C(C)(C)CC=CC(=O)O. The first-order valence-electron chi connectivity index (χ1n) is 4.25. The molecule has 0 amide bonds. The summed E-state index contributed by atoms with van der Waals surface area (Å²) in [7, 11) is 0. The number of allylic oxidation sites excluding steroid dienone is 1. The maximum atomic E-state index is 10.2. The van der Waals surface area contributed by atoms with Crippen LogP contribution in [0.15, 0.2) is 12.2 Å². The van der Waals surface area contributed by atoms with Crippen LogP contribution in [0.2, 0.25) is 0 Å². The lowest BCUT2D eigenvalue weighted by molar-refractivity contribution is -0.131. The lowest BCUT2D eigenvalue weighted by atomic mass is 9.78. The molecule has 0 aliphatic carbocycles. The van der Waals surface area contributed by atoms with Crippen LogP contribution < -0.4 is 0 Å². The van der Waals surface area contributed by atoms with Crippen LogP contribution in [-0.4, -0.2) is 11.1 Å². The highest BCUT2D eigenvalue weighted by Crippen LogP contribution is 2.30. The third-order valence-corrected chi connectivity index (χ3v) is 2.47. The number of carboxylic acid groups (broad SMARTS) is 1. The first-order chi connectivity index (χ1) is 5.36. The highest BCUT2D eigenvalue weighted by molar-refractivity contribution is 5.79. The standard InChI is InChI=1S/C10H18O2/c1-8(2)10(3,4)7-5-6-9(11)12/h5-6,8H,7H2,1-4H3,(H,11,12). The number of carboxylic acids is 1. The van der Waals surface area contributed by atoms with Crippen molar-refractivity contribution in [3.63, 3.8) is 0 Å². The average Bonchev–Trinajstić information content (AvgIpc) is 1.85. The van der Waals surface area contributed by atoms with E-state index in [2.05, 4.69) is 27.7 Å². The minimum Gasteiger partial charge on any atom is -0.478 e. The van der Waals surface area contributed by atoms with Crippen molar-refractivity contribution in [3.05, 3.63) is 12.2 Å². The van der Waals surface area contributed by atoms with Crippen molar-refractivity contribution in [3.8, 4) is 0 Å². The molecule has 70 valence electrons. The van der Waals surface area contributed by atoms with Crippen LogP contribution in [0.25, 0.3) is 0 Å². The van der Waals surface area contributed by atoms with E-state index >= 15 is 0 Å². The van der Waals surface area contributed by atoms with Crippen LogP contribution in [0, 0.1) is 11.3 Å². The van der Waals surface area contributed by atoms with Gasteiger partial charge < -0.3 is 5.11 Å². The Hall–Kier alpha value is -0.790. The summed E-state index contributed by atoms with van der Waals surface area (Å²) in [4.78, 5) is 10.2. The predicted molar refractivity (Wildman–Crippen MR) is 50.0 cm³/mol. The molecule has 0 rings (SSSR count). The van der Waals surface area contributed by atoms with Crippen molar-refractivity contribution in [2.24, 2.45) is 11.3 Å². The molecule has 0 unspecified atom stereocenters. The lowest BCUT2D eigenvalue weighted by Crippen LogP contribution is -2.17. The summed E-state index contributed by atoms with van der Waals surface area (Å²) in [5.74, 6) is -0.300. The summed E-state index contributed by atoms with van der Waals surface area (Å²) in [6, 6.07) is 0. The summed E-state index contributed by atoms with van der Waals surface area (Å²) in [5.41, 5.74) is 0.186. The van der Waals surface area contributed by atoms with Gasteiger partial charge in [-0.05, 0) is 17.8 Å². The molecule has 0 aliphatic heterocycles. The van der Waals surface area contributed by atoms with Crippen molar-refractivity contribution >= 4 is 5.97 Å². The highest BCUT2D eigenvalue weighted by Gasteiger charge is 2.20. The Morgan fingerprint density at radius 3 is 2.33 bits per heavy atom. The quantitative estimate of drug-likeness (QED) is 0.659. The van der Waals surface area contributed by atoms with Crippen molar-refractivity contribution in [1.29, 1.82) is 0 Å². The summed E-state index contributed by atoms with van der Waals surface area (Å²) >= 11 is 0. The van der Waals surface area contributed by atoms with Crippen molar-refractivity contribution in [2.75, 3.05) is 0 Å². The molecule has 0 saturated carbocycles. The van der Waals surface area contributed by atoms with E-state index in [-0.39, 0.29) is 5.41 Å². The molecule has 0 spiro atoms. The molecule has 12 heavy (non-hydrogen) atoms. The zero-order chi connectivity index (χ0) is 9.78. The highest BCUT2D eigenvalue weighted by atomic mass is 16.4. The minimum atomic E-state index is -0.866. The molecular formula is C10H18O2. The number of carbonyl (C=O) groups is 1. The van der Waals surface area contributed by atoms with Crippen LogP contribution in [0.5, 0.6) is 0 Å². The van der Waals surface area contributed by atoms with E-state index in [4.69, 9.17) is 5.11 Å². The van der Waals surface area contributed by atoms with Gasteiger partial charge in [-0.1, -0.05) is 33.8 Å². The van der Waals surface area contributed by atoms with Crippen LogP contribution in [-0.2, 0) is 4.79 Å². The van der Waals surface area contributed by atoms with E-state index in [9.17, 15) is 4.79 Å². The van der Waals surface area contributed by atoms with Gasteiger partial charge in [-0.2, -0.15) is 0 Å². The van der Waals surface area contributed by atoms with E-state index in [0.29, 0.717) is 5.92 Å². The van der Waals surface area contributed by atoms with E-state index in [0.717, 1.165) is 6.42 Å². The first-order valence-corrected chi connectivity index (χ1v) is 4.25. The second-order valence-corrected chi connectivity index (χ2v) is 4.09. The summed E-state index contributed by atoms with van der Waals surface area (Å²) in [6.07, 6.45) is 3.75. The van der Waals surface area contributed by atoms with Gasteiger partial charge in [0.25, 0.3) is 0 Å². The molecular weight excluding hydrogens is 152 g/mol. The van der Waals surface area contributed by atoms with Crippen LogP contribution in [0.4, 0.5) is 0 Å². The number of hydrogen-bond donors (Lipinski definition) is 1. The number of hydrogen-bond acceptors (Lipinski definition) is 1. The number of aliphatic carboxylic acids is 1. The van der Waals surface area contributed by atoms with E-state index in [1.54, 1.807) is 6.08 Å². The Kier molecular flexibility index (Phi) is 4.01. The second-order valence-electron chi connectivity index (χ2n) is 4.09. The summed E-state index contributed by atoms with van der Waals surface area (Å²) in [6.45, 7) is 8.58. The minimum absolute atomic E-state index is 0.186. The monoisotopic (exact) mass is 170 g/mol. The third kappa shape index (κ3) is 4.16. The van der Waals surface area contributed by atoms with E-state index in [1.165, 1.54) is 6.08 Å².